The van der Waals surface area contributed by atoms with E-state index in [1.807, 2.05) is 42.5 Å². The van der Waals surface area contributed by atoms with Gasteiger partial charge in [0, 0.05) is 44.9 Å². The first kappa shape index (κ1) is 21.4. The van der Waals surface area contributed by atoms with E-state index in [0.29, 0.717) is 5.75 Å². The molecule has 4 aromatic rings. The summed E-state index contributed by atoms with van der Waals surface area (Å²) in [5.41, 5.74) is 7.86. The summed E-state index contributed by atoms with van der Waals surface area (Å²) in [7, 11) is 0. The normalized spacial score (nSPS) is 11.4. The molecule has 0 spiro atoms. The van der Waals surface area contributed by atoms with Gasteiger partial charge in [0.2, 0.25) is 0 Å². The zero-order valence-electron chi connectivity index (χ0n) is 17.0. The molecule has 0 unspecified atom stereocenters. The van der Waals surface area contributed by atoms with E-state index in [4.69, 9.17) is 5.11 Å². The van der Waals surface area contributed by atoms with Gasteiger partial charge in [0.1, 0.15) is 0 Å². The van der Waals surface area contributed by atoms with Crippen LogP contribution < -0.4 is 0 Å². The van der Waals surface area contributed by atoms with E-state index in [1.165, 1.54) is 0 Å². The quantitative estimate of drug-likeness (QED) is 0.198. The third-order valence-electron chi connectivity index (χ3n) is 4.74. The summed E-state index contributed by atoms with van der Waals surface area (Å²) in [5, 5.41) is 8.61. The van der Waals surface area contributed by atoms with Crippen molar-refractivity contribution in [2.24, 2.45) is 0 Å². The van der Waals surface area contributed by atoms with Crippen LogP contribution in [0, 0.1) is 6.07 Å². The number of phenols is 1. The number of aromatic amines is 2. The number of fused-ring (bicyclic) bond motifs is 8. The molecular weight excluding hydrogens is 439 g/mol. The summed E-state index contributed by atoms with van der Waals surface area (Å²) in [6.07, 6.45) is 8.05. The molecule has 0 aliphatic carbocycles. The molecule has 32 heavy (non-hydrogen) atoms. The van der Waals surface area contributed by atoms with Crippen molar-refractivity contribution < 1.29 is 22.2 Å². The summed E-state index contributed by atoms with van der Waals surface area (Å²) in [4.78, 5) is 16.0. The van der Waals surface area contributed by atoms with Crippen molar-refractivity contribution in [1.29, 1.82) is 0 Å². The molecular formula is C26H19MnN4O-. The molecule has 0 saturated carbocycles. The molecule has 3 N–H and O–H groups in total. The molecule has 6 rings (SSSR count). The van der Waals surface area contributed by atoms with Gasteiger partial charge in [-0.3, -0.25) is 0 Å². The smallest absolute Gasteiger partial charge is 0.0659 e. The monoisotopic (exact) mass is 458 g/mol. The van der Waals surface area contributed by atoms with Gasteiger partial charge < -0.3 is 15.1 Å². The van der Waals surface area contributed by atoms with Crippen LogP contribution >= 0.6 is 0 Å². The van der Waals surface area contributed by atoms with Crippen molar-refractivity contribution in [3.05, 3.63) is 102 Å². The number of benzene rings is 1. The zero-order valence-corrected chi connectivity index (χ0v) is 18.1. The van der Waals surface area contributed by atoms with Crippen LogP contribution in [0.2, 0.25) is 0 Å². The predicted molar refractivity (Wildman–Crippen MR) is 126 cm³/mol. The van der Waals surface area contributed by atoms with Gasteiger partial charge in [-0.1, -0.05) is 0 Å². The van der Waals surface area contributed by atoms with Gasteiger partial charge in [0.15, 0.2) is 0 Å². The molecule has 0 atom stereocenters. The molecule has 157 valence electrons. The van der Waals surface area contributed by atoms with Crippen LogP contribution in [0.15, 0.2) is 72.8 Å². The standard InChI is InChI=1S/C20H14N4.C6H5O.Mn/c1-2-14-10-16-5-6-18(23-16)12-20-8-7-19(24-20)11-17-4-3-15(22-17)9-13(1)21-14;7-6-4-2-1-3-5-6;/h1-12,21-22H;2-5,7H;/q;-1;. The van der Waals surface area contributed by atoms with Crippen LogP contribution in [-0.4, -0.2) is 25.0 Å². The van der Waals surface area contributed by atoms with Gasteiger partial charge in [0.25, 0.3) is 0 Å². The van der Waals surface area contributed by atoms with Crippen molar-refractivity contribution >= 4 is 46.4 Å². The van der Waals surface area contributed by atoms with Gasteiger partial charge in [-0.25, -0.2) is 9.97 Å². The molecule has 0 fully saturated rings. The Balaban J connectivity index is 0.000000265. The first-order valence-electron chi connectivity index (χ1n) is 9.89. The van der Waals surface area contributed by atoms with Gasteiger partial charge in [-0.05, 0) is 72.8 Å². The van der Waals surface area contributed by atoms with Crippen molar-refractivity contribution in [3.63, 3.8) is 0 Å². The Morgan fingerprint density at radius 1 is 0.562 bits per heavy atom. The summed E-state index contributed by atoms with van der Waals surface area (Å²) in [6.45, 7) is 0. The first-order chi connectivity index (χ1) is 15.2. The van der Waals surface area contributed by atoms with E-state index < -0.39 is 0 Å². The predicted octanol–water partition coefficient (Wildman–Crippen LogP) is 5.85. The molecule has 2 aliphatic heterocycles. The molecule has 0 saturated heterocycles. The van der Waals surface area contributed by atoms with Crippen LogP contribution in [-0.2, 0) is 17.1 Å². The minimum absolute atomic E-state index is 0. The van der Waals surface area contributed by atoms with Gasteiger partial charge in [0.05, 0.1) is 22.8 Å². The fourth-order valence-electron chi connectivity index (χ4n) is 3.32. The van der Waals surface area contributed by atoms with Crippen LogP contribution in [0.25, 0.3) is 46.4 Å². The summed E-state index contributed by atoms with van der Waals surface area (Å²) in [6, 6.07) is 25.7. The second kappa shape index (κ2) is 9.52. The Hall–Kier alpha value is -3.86. The maximum atomic E-state index is 8.61. The summed E-state index contributed by atoms with van der Waals surface area (Å²) in [5.74, 6) is 0.291. The SMILES string of the molecule is C1=Cc2cc3ccc(cc4ccc(cc5nc(cc1n2)C=C5)[nH]4)[nH]3.Oc1cc[c-]cc1.[Mn]. The number of hydrogen-bond donors (Lipinski definition) is 3. The molecule has 2 aliphatic rings. The first-order valence-corrected chi connectivity index (χ1v) is 9.89. The van der Waals surface area contributed by atoms with Gasteiger partial charge in [-0.2, -0.15) is 18.2 Å². The molecule has 5 nitrogen and oxygen atoms in total. The third kappa shape index (κ3) is 5.24. The van der Waals surface area contributed by atoms with E-state index in [0.717, 1.165) is 44.8 Å². The fraction of sp³-hybridized carbons (Fsp3) is 0. The second-order valence-electron chi connectivity index (χ2n) is 7.16. The molecule has 3 aromatic heterocycles. The molecule has 0 amide bonds. The summed E-state index contributed by atoms with van der Waals surface area (Å²) >= 11 is 0. The number of nitrogens with one attached hydrogen (secondary N) is 2. The topological polar surface area (TPSA) is 77.6 Å². The largest absolute Gasteiger partial charge is 0.533 e. The number of rotatable bonds is 0. The summed E-state index contributed by atoms with van der Waals surface area (Å²) < 4.78 is 0. The van der Waals surface area contributed by atoms with E-state index in [-0.39, 0.29) is 17.1 Å². The molecule has 1 aromatic carbocycles. The van der Waals surface area contributed by atoms with Crippen LogP contribution in [0.4, 0.5) is 0 Å². The molecule has 6 heteroatoms. The van der Waals surface area contributed by atoms with Gasteiger partial charge >= 0.3 is 0 Å². The number of nitrogens with zero attached hydrogens (tertiary/aromatic N) is 2. The van der Waals surface area contributed by atoms with Crippen molar-refractivity contribution in [2.45, 2.75) is 0 Å². The van der Waals surface area contributed by atoms with E-state index in [1.54, 1.807) is 24.3 Å². The van der Waals surface area contributed by atoms with Crippen LogP contribution in [0.5, 0.6) is 5.75 Å². The van der Waals surface area contributed by atoms with E-state index >= 15 is 0 Å². The maximum Gasteiger partial charge on any atom is 0.0659 e. The minimum Gasteiger partial charge on any atom is -0.533 e. The van der Waals surface area contributed by atoms with E-state index in [9.17, 15) is 0 Å². The Labute approximate surface area is 195 Å². The maximum absolute atomic E-state index is 8.61. The molecule has 8 bridgehead atoms. The molecule has 5 heterocycles. The Morgan fingerprint density at radius 2 is 0.969 bits per heavy atom. The second-order valence-corrected chi connectivity index (χ2v) is 7.16. The van der Waals surface area contributed by atoms with Gasteiger partial charge in [-0.15, -0.1) is 12.1 Å². The molecule has 1 radical (unpaired) electrons. The minimum atomic E-state index is 0. The zero-order chi connectivity index (χ0) is 21.0. The van der Waals surface area contributed by atoms with Crippen molar-refractivity contribution in [2.75, 3.05) is 0 Å². The number of aromatic hydroxyl groups is 1. The average Bonchev–Trinajstić information content (AvgIpc) is 3.55. The third-order valence-corrected chi connectivity index (χ3v) is 4.74. The van der Waals surface area contributed by atoms with Crippen molar-refractivity contribution in [1.82, 2.24) is 19.9 Å². The Bertz CT molecular complexity index is 1360. The Kier molecular flexibility index (Phi) is 6.36. The fourth-order valence-corrected chi connectivity index (χ4v) is 3.32. The van der Waals surface area contributed by atoms with Crippen LogP contribution in [0.3, 0.4) is 0 Å². The number of H-pyrrole nitrogens is 2. The van der Waals surface area contributed by atoms with Crippen molar-refractivity contribution in [3.8, 4) is 5.75 Å². The Morgan fingerprint density at radius 3 is 1.38 bits per heavy atom. The van der Waals surface area contributed by atoms with Crippen LogP contribution in [0.1, 0.15) is 22.8 Å². The number of aromatic nitrogens is 4. The average molecular weight is 458 g/mol. The number of hydrogen-bond acceptors (Lipinski definition) is 3. The number of phenolic OH excluding ortho intramolecular Hbond substituents is 1. The van der Waals surface area contributed by atoms with E-state index in [2.05, 4.69) is 56.3 Å².